The molecule has 0 N–H and O–H groups in total. The summed E-state index contributed by atoms with van der Waals surface area (Å²) in [5.41, 5.74) is 8.91. The average molecular weight is 568 g/mol. The molecule has 0 bridgehead atoms. The Morgan fingerprint density at radius 1 is 0.535 bits per heavy atom. The summed E-state index contributed by atoms with van der Waals surface area (Å²) in [6, 6.07) is 51.5. The van der Waals surface area contributed by atoms with Crippen LogP contribution in [0.4, 0.5) is 17.1 Å². The van der Waals surface area contributed by atoms with E-state index in [1.54, 1.807) is 0 Å². The molecule has 0 fully saturated rings. The highest BCUT2D eigenvalue weighted by Gasteiger charge is 2.37. The van der Waals surface area contributed by atoms with Crippen molar-refractivity contribution in [2.75, 3.05) is 4.90 Å². The van der Waals surface area contributed by atoms with Crippen molar-refractivity contribution in [1.29, 1.82) is 0 Å². The highest BCUT2D eigenvalue weighted by molar-refractivity contribution is 7.26. The number of hydrogen-bond donors (Lipinski definition) is 0. The van der Waals surface area contributed by atoms with Gasteiger partial charge in [-0.2, -0.15) is 0 Å². The minimum atomic E-state index is -0.0589. The van der Waals surface area contributed by atoms with Crippen molar-refractivity contribution in [2.45, 2.75) is 19.3 Å². The van der Waals surface area contributed by atoms with Gasteiger partial charge in [-0.3, -0.25) is 0 Å². The second-order valence-corrected chi connectivity index (χ2v) is 13.2. The third kappa shape index (κ3) is 3.51. The number of para-hydroxylation sites is 1. The molecule has 0 saturated heterocycles. The van der Waals surface area contributed by atoms with Gasteiger partial charge in [-0.15, -0.1) is 11.3 Å². The summed E-state index contributed by atoms with van der Waals surface area (Å²) < 4.78 is 2.70. The molecule has 0 amide bonds. The summed E-state index contributed by atoms with van der Waals surface area (Å²) in [4.78, 5) is 2.46. The number of nitrogens with zero attached hydrogens (tertiary/aromatic N) is 1. The summed E-state index contributed by atoms with van der Waals surface area (Å²) >= 11 is 1.91. The van der Waals surface area contributed by atoms with Crippen LogP contribution in [0.2, 0.25) is 0 Å². The molecule has 0 spiro atoms. The van der Waals surface area contributed by atoms with E-state index >= 15 is 0 Å². The lowest BCUT2D eigenvalue weighted by Crippen LogP contribution is -2.16. The van der Waals surface area contributed by atoms with Crippen molar-refractivity contribution >= 4 is 70.1 Å². The van der Waals surface area contributed by atoms with Crippen LogP contribution in [-0.4, -0.2) is 0 Å². The Balaban J connectivity index is 1.36. The van der Waals surface area contributed by atoms with Crippen LogP contribution >= 0.6 is 11.3 Å². The molecular formula is C41H29NS. The molecule has 204 valence electrons. The van der Waals surface area contributed by atoms with E-state index in [0.29, 0.717) is 0 Å². The maximum absolute atomic E-state index is 2.46. The first-order valence-electron chi connectivity index (χ1n) is 14.9. The molecule has 8 aromatic rings. The minimum absolute atomic E-state index is 0.0589. The SMILES string of the molecule is CC1(C)c2ccccc2-c2c(N(c3ccccc3)c3ccc4ccc5ccc6c7ccccc7sc6c5c4c3)cccc21. The van der Waals surface area contributed by atoms with Crippen molar-refractivity contribution < 1.29 is 0 Å². The normalized spacial score (nSPS) is 13.5. The van der Waals surface area contributed by atoms with Crippen LogP contribution < -0.4 is 4.90 Å². The van der Waals surface area contributed by atoms with Crippen LogP contribution in [-0.2, 0) is 5.41 Å². The maximum Gasteiger partial charge on any atom is 0.0543 e. The van der Waals surface area contributed by atoms with Gasteiger partial charge in [0.05, 0.1) is 5.69 Å². The fraction of sp³-hybridized carbons (Fsp3) is 0.0732. The van der Waals surface area contributed by atoms with Gasteiger partial charge in [0.1, 0.15) is 0 Å². The highest BCUT2D eigenvalue weighted by Crippen LogP contribution is 2.54. The Morgan fingerprint density at radius 2 is 1.26 bits per heavy atom. The van der Waals surface area contributed by atoms with Crippen molar-refractivity contribution in [2.24, 2.45) is 0 Å². The molecule has 7 aromatic carbocycles. The number of thiophene rings is 1. The number of rotatable bonds is 3. The molecule has 1 aliphatic carbocycles. The van der Waals surface area contributed by atoms with Gasteiger partial charge in [-0.1, -0.05) is 117 Å². The first-order valence-corrected chi connectivity index (χ1v) is 15.8. The highest BCUT2D eigenvalue weighted by atomic mass is 32.1. The van der Waals surface area contributed by atoms with Gasteiger partial charge in [-0.05, 0) is 69.2 Å². The van der Waals surface area contributed by atoms with Gasteiger partial charge in [0.2, 0.25) is 0 Å². The number of benzene rings is 7. The van der Waals surface area contributed by atoms with Crippen molar-refractivity contribution in [3.63, 3.8) is 0 Å². The monoisotopic (exact) mass is 567 g/mol. The Kier molecular flexibility index (Phi) is 5.18. The maximum atomic E-state index is 2.46. The smallest absolute Gasteiger partial charge is 0.0543 e. The minimum Gasteiger partial charge on any atom is -0.310 e. The number of anilines is 3. The molecule has 43 heavy (non-hydrogen) atoms. The van der Waals surface area contributed by atoms with Crippen molar-refractivity contribution in [3.05, 3.63) is 151 Å². The molecule has 1 heterocycles. The predicted molar refractivity (Wildman–Crippen MR) is 187 cm³/mol. The van der Waals surface area contributed by atoms with Crippen LogP contribution in [0, 0.1) is 0 Å². The van der Waals surface area contributed by atoms with Crippen LogP contribution in [0.15, 0.2) is 140 Å². The standard InChI is InChI=1S/C41H29NS/c1-41(2)34-15-8-6-14-32(34)39-35(41)16-10-17-36(39)42(28-11-4-3-5-12-28)29-23-21-26-19-20-27-22-24-31-30-13-7-9-18-37(30)43-40(31)38(27)33(26)25-29/h3-25H,1-2H3. The molecule has 1 nitrogen and oxygen atoms in total. The van der Waals surface area contributed by atoms with Gasteiger partial charge in [-0.25, -0.2) is 0 Å². The van der Waals surface area contributed by atoms with E-state index in [9.17, 15) is 0 Å². The molecule has 1 aromatic heterocycles. The lowest BCUT2D eigenvalue weighted by atomic mass is 9.82. The van der Waals surface area contributed by atoms with Gasteiger partial charge in [0.25, 0.3) is 0 Å². The third-order valence-electron chi connectivity index (χ3n) is 9.43. The van der Waals surface area contributed by atoms with Crippen molar-refractivity contribution in [3.8, 4) is 11.1 Å². The molecule has 0 radical (unpaired) electrons. The lowest BCUT2D eigenvalue weighted by Gasteiger charge is -2.29. The van der Waals surface area contributed by atoms with E-state index < -0.39 is 0 Å². The fourth-order valence-corrected chi connectivity index (χ4v) is 8.64. The largest absolute Gasteiger partial charge is 0.310 e. The summed E-state index contributed by atoms with van der Waals surface area (Å²) in [6.45, 7) is 4.71. The summed E-state index contributed by atoms with van der Waals surface area (Å²) in [5.74, 6) is 0. The topological polar surface area (TPSA) is 3.24 Å². The molecule has 0 unspecified atom stereocenters. The zero-order valence-corrected chi connectivity index (χ0v) is 25.0. The van der Waals surface area contributed by atoms with E-state index in [4.69, 9.17) is 0 Å². The van der Waals surface area contributed by atoms with Gasteiger partial charge >= 0.3 is 0 Å². The second kappa shape index (κ2) is 9.04. The first kappa shape index (κ1) is 24.7. The zero-order valence-electron chi connectivity index (χ0n) is 24.1. The van der Waals surface area contributed by atoms with Gasteiger partial charge in [0.15, 0.2) is 0 Å². The Bertz CT molecular complexity index is 2380. The summed E-state index contributed by atoms with van der Waals surface area (Å²) in [7, 11) is 0. The Morgan fingerprint density at radius 3 is 2.16 bits per heavy atom. The molecule has 9 rings (SSSR count). The first-order chi connectivity index (χ1) is 21.1. The van der Waals surface area contributed by atoms with Crippen LogP contribution in [0.25, 0.3) is 52.8 Å². The molecule has 0 aliphatic heterocycles. The molecule has 0 saturated carbocycles. The second-order valence-electron chi connectivity index (χ2n) is 12.2. The number of fused-ring (bicyclic) bond motifs is 10. The Hall–Kier alpha value is -4.92. The Labute approximate surface area is 255 Å². The molecule has 2 heteroatoms. The van der Waals surface area contributed by atoms with E-state index in [0.717, 1.165) is 5.69 Å². The van der Waals surface area contributed by atoms with Crippen LogP contribution in [0.1, 0.15) is 25.0 Å². The van der Waals surface area contributed by atoms with Gasteiger partial charge < -0.3 is 4.90 Å². The fourth-order valence-electron chi connectivity index (χ4n) is 7.37. The average Bonchev–Trinajstić information content (AvgIpc) is 3.54. The van der Waals surface area contributed by atoms with Gasteiger partial charge in [0, 0.05) is 47.9 Å². The van der Waals surface area contributed by atoms with Crippen molar-refractivity contribution in [1.82, 2.24) is 0 Å². The molecular weight excluding hydrogens is 539 g/mol. The molecule has 1 aliphatic rings. The summed E-state index contributed by atoms with van der Waals surface area (Å²) in [5, 5.41) is 7.86. The van der Waals surface area contributed by atoms with E-state index in [1.807, 2.05) is 11.3 Å². The predicted octanol–water partition coefficient (Wildman–Crippen LogP) is 12.1. The van der Waals surface area contributed by atoms with E-state index in [1.165, 1.54) is 75.3 Å². The third-order valence-corrected chi connectivity index (χ3v) is 10.6. The van der Waals surface area contributed by atoms with Crippen LogP contribution in [0.5, 0.6) is 0 Å². The quantitative estimate of drug-likeness (QED) is 0.192. The van der Waals surface area contributed by atoms with E-state index in [2.05, 4.69) is 158 Å². The summed E-state index contributed by atoms with van der Waals surface area (Å²) in [6.07, 6.45) is 0. The zero-order chi connectivity index (χ0) is 28.7. The van der Waals surface area contributed by atoms with Crippen LogP contribution in [0.3, 0.4) is 0 Å². The lowest BCUT2D eigenvalue weighted by molar-refractivity contribution is 0.660. The molecule has 0 atom stereocenters. The van der Waals surface area contributed by atoms with E-state index in [-0.39, 0.29) is 5.41 Å². The number of hydrogen-bond acceptors (Lipinski definition) is 2.